The Bertz CT molecular complexity index is 718. The molecule has 1 aliphatic heterocycles. The Morgan fingerprint density at radius 3 is 2.83 bits per heavy atom. The first kappa shape index (κ1) is 15.2. The summed E-state index contributed by atoms with van der Waals surface area (Å²) in [5, 5.41) is 3.04. The van der Waals surface area contributed by atoms with Crippen molar-refractivity contribution in [3.05, 3.63) is 47.7 Å². The fourth-order valence-corrected chi connectivity index (χ4v) is 3.37. The van der Waals surface area contributed by atoms with Gasteiger partial charge in [0.05, 0.1) is 0 Å². The van der Waals surface area contributed by atoms with Crippen molar-refractivity contribution in [1.29, 1.82) is 0 Å². The molecule has 1 N–H and O–H groups in total. The van der Waals surface area contributed by atoms with Crippen LogP contribution in [0.2, 0.25) is 0 Å². The molecule has 1 saturated heterocycles. The fraction of sp³-hybridized carbons (Fsp3) is 0.474. The minimum absolute atomic E-state index is 0.0977. The summed E-state index contributed by atoms with van der Waals surface area (Å²) in [6.07, 6.45) is 4.69. The second-order valence-electron chi connectivity index (χ2n) is 6.99. The highest BCUT2D eigenvalue weighted by molar-refractivity contribution is 5.93. The van der Waals surface area contributed by atoms with Gasteiger partial charge in [0, 0.05) is 31.2 Å². The SMILES string of the molecule is Cc1ccc(N2CC[C@H](CNC(=O)c3ncoc3C3CC3)C2)cc1. The average Bonchev–Trinajstić information content (AvgIpc) is 3.12. The van der Waals surface area contributed by atoms with Crippen LogP contribution in [-0.2, 0) is 0 Å². The lowest BCUT2D eigenvalue weighted by Crippen LogP contribution is -2.31. The maximum Gasteiger partial charge on any atom is 0.273 e. The second kappa shape index (κ2) is 6.30. The first-order chi connectivity index (χ1) is 11.7. The van der Waals surface area contributed by atoms with Gasteiger partial charge in [-0.2, -0.15) is 0 Å². The Morgan fingerprint density at radius 1 is 1.29 bits per heavy atom. The quantitative estimate of drug-likeness (QED) is 0.917. The molecule has 0 bridgehead atoms. The van der Waals surface area contributed by atoms with E-state index < -0.39 is 0 Å². The molecule has 2 fully saturated rings. The van der Waals surface area contributed by atoms with Gasteiger partial charge in [-0.05, 0) is 44.2 Å². The number of aryl methyl sites for hydroxylation is 1. The van der Waals surface area contributed by atoms with Crippen LogP contribution in [0.5, 0.6) is 0 Å². The molecule has 126 valence electrons. The number of hydrogen-bond acceptors (Lipinski definition) is 4. The van der Waals surface area contributed by atoms with Gasteiger partial charge in [0.25, 0.3) is 5.91 Å². The molecule has 2 heterocycles. The summed E-state index contributed by atoms with van der Waals surface area (Å²) < 4.78 is 5.39. The lowest BCUT2D eigenvalue weighted by Gasteiger charge is -2.19. The number of anilines is 1. The zero-order valence-electron chi connectivity index (χ0n) is 14.0. The number of benzene rings is 1. The number of nitrogens with zero attached hydrogens (tertiary/aromatic N) is 2. The van der Waals surface area contributed by atoms with E-state index in [9.17, 15) is 4.79 Å². The number of nitrogens with one attached hydrogen (secondary N) is 1. The number of carbonyl (C=O) groups is 1. The Balaban J connectivity index is 1.31. The number of rotatable bonds is 5. The van der Waals surface area contributed by atoms with Gasteiger partial charge in [-0.1, -0.05) is 17.7 Å². The standard InChI is InChI=1S/C19H23N3O2/c1-13-2-6-16(7-3-13)22-9-8-14(11-22)10-20-19(23)17-18(15-4-5-15)24-12-21-17/h2-3,6-7,12,14-15H,4-5,8-11H2,1H3,(H,20,23)/t14-/m1/s1. The number of aromatic nitrogens is 1. The lowest BCUT2D eigenvalue weighted by atomic mass is 10.1. The summed E-state index contributed by atoms with van der Waals surface area (Å²) >= 11 is 0. The van der Waals surface area contributed by atoms with Crippen molar-refractivity contribution in [3.63, 3.8) is 0 Å². The number of carbonyl (C=O) groups excluding carboxylic acids is 1. The van der Waals surface area contributed by atoms with E-state index in [4.69, 9.17) is 4.42 Å². The summed E-state index contributed by atoms with van der Waals surface area (Å²) in [4.78, 5) is 18.9. The third kappa shape index (κ3) is 3.16. The first-order valence-electron chi connectivity index (χ1n) is 8.74. The highest BCUT2D eigenvalue weighted by Gasteiger charge is 2.32. The molecule has 1 aromatic heterocycles. The van der Waals surface area contributed by atoms with Crippen LogP contribution < -0.4 is 10.2 Å². The molecule has 5 nitrogen and oxygen atoms in total. The van der Waals surface area contributed by atoms with Crippen LogP contribution in [0.4, 0.5) is 5.69 Å². The van der Waals surface area contributed by atoms with Gasteiger partial charge < -0.3 is 14.6 Å². The molecule has 4 rings (SSSR count). The summed E-state index contributed by atoms with van der Waals surface area (Å²) in [6.45, 7) is 4.82. The largest absolute Gasteiger partial charge is 0.447 e. The van der Waals surface area contributed by atoms with Gasteiger partial charge >= 0.3 is 0 Å². The monoisotopic (exact) mass is 325 g/mol. The molecule has 1 amide bonds. The number of amides is 1. The van der Waals surface area contributed by atoms with Crippen molar-refractivity contribution in [2.45, 2.75) is 32.1 Å². The van der Waals surface area contributed by atoms with Crippen LogP contribution in [0.25, 0.3) is 0 Å². The fourth-order valence-electron chi connectivity index (χ4n) is 3.37. The predicted octanol–water partition coefficient (Wildman–Crippen LogP) is 3.12. The molecule has 5 heteroatoms. The molecule has 0 unspecified atom stereocenters. The Kier molecular flexibility index (Phi) is 4.00. The molecule has 2 aromatic rings. The van der Waals surface area contributed by atoms with E-state index in [-0.39, 0.29) is 5.91 Å². The van der Waals surface area contributed by atoms with Gasteiger partial charge in [-0.25, -0.2) is 4.98 Å². The maximum atomic E-state index is 12.4. The normalized spacial score (nSPS) is 20.4. The van der Waals surface area contributed by atoms with Gasteiger partial charge in [0.2, 0.25) is 0 Å². The van der Waals surface area contributed by atoms with Crippen LogP contribution in [0.1, 0.15) is 47.0 Å². The summed E-state index contributed by atoms with van der Waals surface area (Å²) in [6, 6.07) is 8.64. The predicted molar refractivity (Wildman–Crippen MR) is 92.3 cm³/mol. The van der Waals surface area contributed by atoms with E-state index in [1.54, 1.807) is 0 Å². The zero-order valence-corrected chi connectivity index (χ0v) is 14.0. The van der Waals surface area contributed by atoms with E-state index in [1.165, 1.54) is 17.6 Å². The third-order valence-electron chi connectivity index (χ3n) is 4.99. The molecule has 1 aromatic carbocycles. The molecular weight excluding hydrogens is 302 g/mol. The van der Waals surface area contributed by atoms with E-state index in [0.29, 0.717) is 24.1 Å². The molecule has 0 radical (unpaired) electrons. The average molecular weight is 325 g/mol. The van der Waals surface area contributed by atoms with Gasteiger partial charge in [0.15, 0.2) is 12.1 Å². The topological polar surface area (TPSA) is 58.4 Å². The molecule has 0 spiro atoms. The van der Waals surface area contributed by atoms with Gasteiger partial charge in [-0.3, -0.25) is 4.79 Å². The molecule has 1 aliphatic carbocycles. The zero-order chi connectivity index (χ0) is 16.5. The number of hydrogen-bond donors (Lipinski definition) is 1. The summed E-state index contributed by atoms with van der Waals surface area (Å²) in [5.74, 6) is 1.54. The summed E-state index contributed by atoms with van der Waals surface area (Å²) in [7, 11) is 0. The molecule has 1 atom stereocenters. The smallest absolute Gasteiger partial charge is 0.273 e. The first-order valence-corrected chi connectivity index (χ1v) is 8.74. The minimum Gasteiger partial charge on any atom is -0.447 e. The lowest BCUT2D eigenvalue weighted by molar-refractivity contribution is 0.0942. The minimum atomic E-state index is -0.0977. The Morgan fingerprint density at radius 2 is 2.08 bits per heavy atom. The van der Waals surface area contributed by atoms with Crippen molar-refractivity contribution in [1.82, 2.24) is 10.3 Å². The number of oxazole rings is 1. The van der Waals surface area contributed by atoms with Crippen molar-refractivity contribution in [2.24, 2.45) is 5.92 Å². The Labute approximate surface area is 142 Å². The molecule has 1 saturated carbocycles. The van der Waals surface area contributed by atoms with Crippen molar-refractivity contribution in [2.75, 3.05) is 24.5 Å². The molecular formula is C19H23N3O2. The van der Waals surface area contributed by atoms with Crippen LogP contribution in [0, 0.1) is 12.8 Å². The second-order valence-corrected chi connectivity index (χ2v) is 6.99. The maximum absolute atomic E-state index is 12.4. The third-order valence-corrected chi connectivity index (χ3v) is 4.99. The van der Waals surface area contributed by atoms with Crippen LogP contribution in [-0.4, -0.2) is 30.5 Å². The van der Waals surface area contributed by atoms with Crippen molar-refractivity contribution in [3.8, 4) is 0 Å². The highest BCUT2D eigenvalue weighted by atomic mass is 16.3. The van der Waals surface area contributed by atoms with Gasteiger partial charge in [0.1, 0.15) is 5.76 Å². The van der Waals surface area contributed by atoms with Gasteiger partial charge in [-0.15, -0.1) is 0 Å². The highest BCUT2D eigenvalue weighted by Crippen LogP contribution is 2.41. The molecule has 2 aliphatic rings. The van der Waals surface area contributed by atoms with E-state index in [1.807, 2.05) is 0 Å². The van der Waals surface area contributed by atoms with Crippen molar-refractivity contribution >= 4 is 11.6 Å². The van der Waals surface area contributed by atoms with E-state index >= 15 is 0 Å². The van der Waals surface area contributed by atoms with E-state index in [0.717, 1.165) is 38.1 Å². The van der Waals surface area contributed by atoms with E-state index in [2.05, 4.69) is 46.4 Å². The molecule has 24 heavy (non-hydrogen) atoms. The van der Waals surface area contributed by atoms with Crippen LogP contribution in [0.15, 0.2) is 35.1 Å². The van der Waals surface area contributed by atoms with Crippen molar-refractivity contribution < 1.29 is 9.21 Å². The van der Waals surface area contributed by atoms with Crippen LogP contribution >= 0.6 is 0 Å². The van der Waals surface area contributed by atoms with Crippen LogP contribution in [0.3, 0.4) is 0 Å². The Hall–Kier alpha value is -2.30. The summed E-state index contributed by atoms with van der Waals surface area (Å²) in [5.41, 5.74) is 3.02.